The van der Waals surface area contributed by atoms with Crippen LogP contribution in [0.3, 0.4) is 0 Å². The molecular weight excluding hydrogens is 353 g/mol. The number of ether oxygens (including phenoxy) is 1. The molecule has 0 aliphatic carbocycles. The number of ketones is 1. The molecule has 1 saturated heterocycles. The predicted octanol–water partition coefficient (Wildman–Crippen LogP) is -0.427. The number of carbonyl (C=O) groups is 2. The molecule has 2 N–H and O–H groups in total. The lowest BCUT2D eigenvalue weighted by Crippen LogP contribution is -2.54. The lowest BCUT2D eigenvalue weighted by Gasteiger charge is -2.34. The Morgan fingerprint density at radius 1 is 1.61 bits per heavy atom. The van der Waals surface area contributed by atoms with E-state index in [0.29, 0.717) is 4.43 Å². The van der Waals surface area contributed by atoms with Crippen molar-refractivity contribution in [2.75, 3.05) is 4.43 Å². The van der Waals surface area contributed by atoms with Crippen LogP contribution in [0.1, 0.15) is 13.3 Å². The average Bonchev–Trinajstić information content (AvgIpc) is 2.52. The summed E-state index contributed by atoms with van der Waals surface area (Å²) >= 11 is 2.04. The van der Waals surface area contributed by atoms with Crippen LogP contribution in [0.15, 0.2) is 12.3 Å². The van der Waals surface area contributed by atoms with Gasteiger partial charge in [-0.15, -0.1) is 0 Å². The van der Waals surface area contributed by atoms with Gasteiger partial charge in [0.05, 0.1) is 12.5 Å². The van der Waals surface area contributed by atoms with Gasteiger partial charge >= 0.3 is 0 Å². The van der Waals surface area contributed by atoms with E-state index in [1.54, 1.807) is 0 Å². The van der Waals surface area contributed by atoms with E-state index in [4.69, 9.17) is 4.74 Å². The highest BCUT2D eigenvalue weighted by Gasteiger charge is 2.54. The maximum atomic E-state index is 11.8. The Bertz CT molecular complexity index is 408. The Morgan fingerprint density at radius 2 is 2.28 bits per heavy atom. The quantitative estimate of drug-likeness (QED) is 0.393. The number of hydrogen-bond donors (Lipinski definition) is 2. The number of aliphatic hydroxyl groups is 2. The first-order valence-electron chi connectivity index (χ1n) is 5.52. The molecule has 2 aliphatic rings. The molecule has 7 heteroatoms. The molecule has 2 rings (SSSR count). The Labute approximate surface area is 118 Å². The molecule has 0 spiro atoms. The van der Waals surface area contributed by atoms with E-state index in [1.807, 2.05) is 22.6 Å². The van der Waals surface area contributed by atoms with Crippen molar-refractivity contribution in [2.45, 2.75) is 37.4 Å². The number of amides is 1. The summed E-state index contributed by atoms with van der Waals surface area (Å²) < 4.78 is 6.01. The SMILES string of the molecule is C[C@@]1(O)[C@H](O)[C@@H](CI)O[C@H]1N1C=CC(=O)CC1=O. The molecule has 0 unspecified atom stereocenters. The van der Waals surface area contributed by atoms with Crippen LogP contribution in [-0.4, -0.2) is 55.3 Å². The molecule has 1 amide bonds. The number of halogens is 1. The molecule has 0 saturated carbocycles. The van der Waals surface area contributed by atoms with Gasteiger partial charge in [0.25, 0.3) is 0 Å². The standard InChI is InChI=1S/C11H14INO5/c1-11(17)9(16)7(5-12)18-10(11)13-3-2-6(14)4-8(13)15/h2-3,7,9-10,16-17H,4-5H2,1H3/t7-,9-,10-,11-/m1/s1. The summed E-state index contributed by atoms with van der Waals surface area (Å²) in [6.45, 7) is 1.42. The van der Waals surface area contributed by atoms with Crippen LogP contribution in [0.2, 0.25) is 0 Å². The Morgan fingerprint density at radius 3 is 2.78 bits per heavy atom. The van der Waals surface area contributed by atoms with Crippen LogP contribution in [0.25, 0.3) is 0 Å². The van der Waals surface area contributed by atoms with Crippen LogP contribution in [0, 0.1) is 0 Å². The monoisotopic (exact) mass is 367 g/mol. The normalized spacial score (nSPS) is 40.7. The smallest absolute Gasteiger partial charge is 0.236 e. The Balaban J connectivity index is 2.26. The average molecular weight is 367 g/mol. The van der Waals surface area contributed by atoms with Crippen molar-refractivity contribution in [3.63, 3.8) is 0 Å². The second-order valence-electron chi connectivity index (χ2n) is 4.61. The van der Waals surface area contributed by atoms with Gasteiger partial charge in [0, 0.05) is 10.6 Å². The lowest BCUT2D eigenvalue weighted by molar-refractivity contribution is -0.157. The molecule has 0 bridgehead atoms. The number of allylic oxidation sites excluding steroid dienone is 1. The van der Waals surface area contributed by atoms with Crippen LogP contribution in [-0.2, 0) is 14.3 Å². The fourth-order valence-electron chi connectivity index (χ4n) is 2.12. The van der Waals surface area contributed by atoms with E-state index < -0.39 is 29.9 Å². The molecule has 0 aromatic heterocycles. The van der Waals surface area contributed by atoms with Gasteiger partial charge < -0.3 is 14.9 Å². The fourth-order valence-corrected chi connectivity index (χ4v) is 2.81. The van der Waals surface area contributed by atoms with Crippen LogP contribution >= 0.6 is 22.6 Å². The van der Waals surface area contributed by atoms with Crippen molar-refractivity contribution in [1.29, 1.82) is 0 Å². The summed E-state index contributed by atoms with van der Waals surface area (Å²) in [5.41, 5.74) is -1.56. The molecule has 18 heavy (non-hydrogen) atoms. The maximum absolute atomic E-state index is 11.8. The minimum atomic E-state index is -1.56. The third kappa shape index (κ3) is 2.20. The summed E-state index contributed by atoms with van der Waals surface area (Å²) in [6, 6.07) is 0. The highest BCUT2D eigenvalue weighted by atomic mass is 127. The third-order valence-electron chi connectivity index (χ3n) is 3.19. The van der Waals surface area contributed by atoms with Crippen molar-refractivity contribution in [1.82, 2.24) is 4.90 Å². The number of nitrogens with zero attached hydrogens (tertiary/aromatic N) is 1. The van der Waals surface area contributed by atoms with E-state index >= 15 is 0 Å². The van der Waals surface area contributed by atoms with Crippen molar-refractivity contribution < 1.29 is 24.5 Å². The number of alkyl halides is 1. The lowest BCUT2D eigenvalue weighted by atomic mass is 9.96. The maximum Gasteiger partial charge on any atom is 0.236 e. The summed E-state index contributed by atoms with van der Waals surface area (Å²) in [4.78, 5) is 24.0. The highest BCUT2D eigenvalue weighted by Crippen LogP contribution is 2.35. The molecule has 100 valence electrons. The van der Waals surface area contributed by atoms with Crippen molar-refractivity contribution >= 4 is 34.3 Å². The van der Waals surface area contributed by atoms with Crippen LogP contribution in [0.4, 0.5) is 0 Å². The zero-order valence-corrected chi connectivity index (χ0v) is 11.9. The molecule has 2 heterocycles. The third-order valence-corrected chi connectivity index (χ3v) is 4.06. The van der Waals surface area contributed by atoms with Crippen LogP contribution in [0.5, 0.6) is 0 Å². The van der Waals surface area contributed by atoms with E-state index in [9.17, 15) is 19.8 Å². The number of aliphatic hydroxyl groups excluding tert-OH is 1. The summed E-state index contributed by atoms with van der Waals surface area (Å²) in [6.07, 6.45) is -0.246. The minimum Gasteiger partial charge on any atom is -0.387 e. The van der Waals surface area contributed by atoms with Crippen molar-refractivity contribution in [3.8, 4) is 0 Å². The molecular formula is C11H14INO5. The van der Waals surface area contributed by atoms with Gasteiger partial charge in [0.1, 0.15) is 11.7 Å². The van der Waals surface area contributed by atoms with Gasteiger partial charge in [0.2, 0.25) is 5.91 Å². The number of hydrogen-bond acceptors (Lipinski definition) is 5. The fraction of sp³-hybridized carbons (Fsp3) is 0.636. The Kier molecular flexibility index (Phi) is 3.77. The topological polar surface area (TPSA) is 87.1 Å². The van der Waals surface area contributed by atoms with Crippen molar-refractivity contribution in [2.24, 2.45) is 0 Å². The van der Waals surface area contributed by atoms with E-state index in [0.717, 1.165) is 0 Å². The number of carbonyl (C=O) groups excluding carboxylic acids is 2. The number of rotatable bonds is 2. The van der Waals surface area contributed by atoms with Crippen LogP contribution < -0.4 is 0 Å². The minimum absolute atomic E-state index is 0.239. The summed E-state index contributed by atoms with van der Waals surface area (Å²) in [7, 11) is 0. The van der Waals surface area contributed by atoms with E-state index in [2.05, 4.69) is 0 Å². The first-order valence-corrected chi connectivity index (χ1v) is 7.04. The van der Waals surface area contributed by atoms with Gasteiger partial charge in [-0.2, -0.15) is 0 Å². The van der Waals surface area contributed by atoms with Gasteiger partial charge in [0.15, 0.2) is 12.0 Å². The second kappa shape index (κ2) is 4.87. The summed E-state index contributed by atoms with van der Waals surface area (Å²) in [5.74, 6) is -0.714. The molecule has 0 radical (unpaired) electrons. The van der Waals surface area contributed by atoms with Gasteiger partial charge in [-0.1, -0.05) is 22.6 Å². The predicted molar refractivity (Wildman–Crippen MR) is 69.8 cm³/mol. The molecule has 0 aromatic rings. The van der Waals surface area contributed by atoms with E-state index in [-0.39, 0.29) is 12.2 Å². The van der Waals surface area contributed by atoms with Gasteiger partial charge in [-0.05, 0) is 13.0 Å². The van der Waals surface area contributed by atoms with Gasteiger partial charge in [-0.25, -0.2) is 0 Å². The molecule has 1 fully saturated rings. The first kappa shape index (κ1) is 13.9. The zero-order valence-electron chi connectivity index (χ0n) is 9.75. The molecule has 0 aromatic carbocycles. The zero-order chi connectivity index (χ0) is 13.5. The van der Waals surface area contributed by atoms with E-state index in [1.165, 1.54) is 24.1 Å². The highest BCUT2D eigenvalue weighted by molar-refractivity contribution is 14.1. The molecule has 6 nitrogen and oxygen atoms in total. The summed E-state index contributed by atoms with van der Waals surface area (Å²) in [5, 5.41) is 20.2. The molecule has 4 atom stereocenters. The van der Waals surface area contributed by atoms with Crippen molar-refractivity contribution in [3.05, 3.63) is 12.3 Å². The second-order valence-corrected chi connectivity index (χ2v) is 5.49. The van der Waals surface area contributed by atoms with Gasteiger partial charge in [-0.3, -0.25) is 14.5 Å². The first-order chi connectivity index (χ1) is 8.37. The largest absolute Gasteiger partial charge is 0.387 e. The Hall–Kier alpha value is -0.510. The molecule has 2 aliphatic heterocycles.